The van der Waals surface area contributed by atoms with Crippen molar-refractivity contribution in [3.8, 4) is 0 Å². The van der Waals surface area contributed by atoms with Gasteiger partial charge in [-0.2, -0.15) is 0 Å². The summed E-state index contributed by atoms with van der Waals surface area (Å²) in [7, 11) is 0. The fraction of sp³-hybridized carbons (Fsp3) is 0.804. The Morgan fingerprint density at radius 3 is 1.39 bits per heavy atom. The lowest BCUT2D eigenvalue weighted by Crippen LogP contribution is -2.45. The predicted molar refractivity (Wildman–Crippen MR) is 245 cm³/mol. The van der Waals surface area contributed by atoms with Crippen LogP contribution in [0.2, 0.25) is 0 Å². The van der Waals surface area contributed by atoms with Gasteiger partial charge in [-0.3, -0.25) is 9.59 Å². The summed E-state index contributed by atoms with van der Waals surface area (Å²) in [4.78, 5) is 24.4. The molecule has 0 fully saturated rings. The van der Waals surface area contributed by atoms with Gasteiger partial charge in [0, 0.05) is 12.8 Å². The number of rotatable bonds is 44. The summed E-state index contributed by atoms with van der Waals surface area (Å²) < 4.78 is 5.44. The summed E-state index contributed by atoms with van der Waals surface area (Å²) in [5.41, 5.74) is 0. The number of nitrogens with one attached hydrogen (secondary N) is 1. The van der Waals surface area contributed by atoms with Crippen molar-refractivity contribution in [3.63, 3.8) is 0 Å². The van der Waals surface area contributed by atoms with Gasteiger partial charge in [0.2, 0.25) is 5.91 Å². The predicted octanol–water partition coefficient (Wildman–Crippen LogP) is 14.3. The molecule has 0 aliphatic rings. The van der Waals surface area contributed by atoms with E-state index < -0.39 is 12.1 Å². The van der Waals surface area contributed by atoms with E-state index in [1.165, 1.54) is 128 Å². The lowest BCUT2D eigenvalue weighted by Gasteiger charge is -2.19. The van der Waals surface area contributed by atoms with E-state index in [0.717, 1.165) is 83.5 Å². The molecular formula is C51H93NO5. The maximum Gasteiger partial charge on any atom is 0.305 e. The van der Waals surface area contributed by atoms with Gasteiger partial charge < -0.3 is 20.3 Å². The molecule has 0 heterocycles. The molecule has 1 amide bonds. The van der Waals surface area contributed by atoms with Gasteiger partial charge >= 0.3 is 5.97 Å². The number of carbonyl (C=O) groups is 2. The van der Waals surface area contributed by atoms with Gasteiger partial charge in [0.1, 0.15) is 0 Å². The molecule has 6 nitrogen and oxygen atoms in total. The number of carbonyl (C=O) groups excluding carboxylic acids is 2. The third-order valence-corrected chi connectivity index (χ3v) is 10.8. The fourth-order valence-electron chi connectivity index (χ4n) is 7.01. The monoisotopic (exact) mass is 800 g/mol. The number of unbranched alkanes of at least 4 members (excludes halogenated alkanes) is 27. The highest BCUT2D eigenvalue weighted by molar-refractivity contribution is 5.76. The number of esters is 1. The molecule has 6 heteroatoms. The van der Waals surface area contributed by atoms with Crippen LogP contribution in [0.15, 0.2) is 48.6 Å². The van der Waals surface area contributed by atoms with Crippen molar-refractivity contribution in [2.24, 2.45) is 0 Å². The number of hydrogen-bond acceptors (Lipinski definition) is 5. The van der Waals surface area contributed by atoms with Crippen LogP contribution in [0, 0.1) is 0 Å². The number of ether oxygens (including phenoxy) is 1. The van der Waals surface area contributed by atoms with Crippen LogP contribution in [0.3, 0.4) is 0 Å². The highest BCUT2D eigenvalue weighted by Crippen LogP contribution is 2.13. The first-order valence-electron chi connectivity index (χ1n) is 24.4. The van der Waals surface area contributed by atoms with Crippen LogP contribution in [0.25, 0.3) is 0 Å². The highest BCUT2D eigenvalue weighted by atomic mass is 16.5. The molecule has 0 aromatic carbocycles. The first kappa shape index (κ1) is 54.8. The Morgan fingerprint density at radius 2 is 0.877 bits per heavy atom. The van der Waals surface area contributed by atoms with Gasteiger partial charge in [-0.1, -0.05) is 184 Å². The number of hydrogen-bond donors (Lipinski definition) is 3. The average Bonchev–Trinajstić information content (AvgIpc) is 3.21. The van der Waals surface area contributed by atoms with E-state index >= 15 is 0 Å². The Morgan fingerprint density at radius 1 is 0.491 bits per heavy atom. The Hall–Kier alpha value is -2.18. The zero-order valence-electron chi connectivity index (χ0n) is 37.6. The van der Waals surface area contributed by atoms with Crippen LogP contribution >= 0.6 is 0 Å². The second-order valence-electron chi connectivity index (χ2n) is 16.4. The summed E-state index contributed by atoms with van der Waals surface area (Å²) in [6.45, 7) is 4.80. The normalized spacial score (nSPS) is 13.1. The second kappa shape index (κ2) is 46.5. The first-order chi connectivity index (χ1) is 28.0. The van der Waals surface area contributed by atoms with Gasteiger partial charge in [-0.25, -0.2) is 0 Å². The molecule has 0 rings (SSSR count). The van der Waals surface area contributed by atoms with Crippen LogP contribution in [0.1, 0.15) is 239 Å². The third kappa shape index (κ3) is 43.2. The van der Waals surface area contributed by atoms with E-state index in [9.17, 15) is 19.8 Å². The van der Waals surface area contributed by atoms with Crippen molar-refractivity contribution in [1.82, 2.24) is 5.32 Å². The second-order valence-corrected chi connectivity index (χ2v) is 16.4. The minimum Gasteiger partial charge on any atom is -0.466 e. The molecule has 0 aliphatic carbocycles. The molecule has 0 spiro atoms. The summed E-state index contributed by atoms with van der Waals surface area (Å²) >= 11 is 0. The molecule has 3 N–H and O–H groups in total. The van der Waals surface area contributed by atoms with Gasteiger partial charge in [0.25, 0.3) is 0 Å². The summed E-state index contributed by atoms with van der Waals surface area (Å²) in [5, 5.41) is 22.9. The van der Waals surface area contributed by atoms with Gasteiger partial charge in [0.05, 0.1) is 25.4 Å². The molecule has 0 saturated carbocycles. The van der Waals surface area contributed by atoms with Gasteiger partial charge in [0.15, 0.2) is 0 Å². The van der Waals surface area contributed by atoms with E-state index in [1.807, 2.05) is 6.08 Å². The molecule has 0 aliphatic heterocycles. The number of aliphatic hydroxyl groups excluding tert-OH is 2. The lowest BCUT2D eigenvalue weighted by atomic mass is 10.1. The molecule has 0 bridgehead atoms. The summed E-state index contributed by atoms with van der Waals surface area (Å²) in [6, 6.07) is -0.648. The van der Waals surface area contributed by atoms with E-state index in [-0.39, 0.29) is 18.5 Å². The molecule has 2 atom stereocenters. The molecule has 0 radical (unpaired) electrons. The third-order valence-electron chi connectivity index (χ3n) is 10.8. The number of amides is 1. The molecule has 0 aromatic rings. The Kier molecular flexibility index (Phi) is 44.7. The van der Waals surface area contributed by atoms with Gasteiger partial charge in [-0.05, 0) is 89.9 Å². The Balaban J connectivity index is 3.54. The highest BCUT2D eigenvalue weighted by Gasteiger charge is 2.18. The fourth-order valence-corrected chi connectivity index (χ4v) is 7.01. The van der Waals surface area contributed by atoms with Crippen molar-refractivity contribution in [3.05, 3.63) is 48.6 Å². The number of aliphatic hydroxyl groups is 2. The van der Waals surface area contributed by atoms with E-state index in [4.69, 9.17) is 4.74 Å². The van der Waals surface area contributed by atoms with Crippen LogP contribution < -0.4 is 5.32 Å². The first-order valence-corrected chi connectivity index (χ1v) is 24.4. The minimum atomic E-state index is -0.861. The molecule has 0 aromatic heterocycles. The van der Waals surface area contributed by atoms with E-state index in [0.29, 0.717) is 19.4 Å². The van der Waals surface area contributed by atoms with Crippen molar-refractivity contribution < 1.29 is 24.5 Å². The minimum absolute atomic E-state index is 0.0289. The SMILES string of the molecule is CCCCCC/C=C\C/C=C\CCCCCCCC(=O)OCCCCCCCC/C=C\CCCCCC(=O)NC(CO)C(O)/C=C/CCCCCCCCCCC. The van der Waals surface area contributed by atoms with Crippen LogP contribution in [-0.4, -0.2) is 47.4 Å². The largest absolute Gasteiger partial charge is 0.466 e. The molecule has 2 unspecified atom stereocenters. The maximum atomic E-state index is 12.4. The molecule has 332 valence electrons. The average molecular weight is 800 g/mol. The van der Waals surface area contributed by atoms with Crippen molar-refractivity contribution in [2.75, 3.05) is 13.2 Å². The molecule has 0 saturated heterocycles. The zero-order chi connectivity index (χ0) is 41.5. The van der Waals surface area contributed by atoms with Crippen molar-refractivity contribution in [1.29, 1.82) is 0 Å². The van der Waals surface area contributed by atoms with E-state index in [2.05, 4.69) is 55.6 Å². The zero-order valence-corrected chi connectivity index (χ0v) is 37.6. The maximum absolute atomic E-state index is 12.4. The Labute approximate surface area is 353 Å². The summed E-state index contributed by atoms with van der Waals surface area (Å²) in [5.74, 6) is -0.131. The Bertz CT molecular complexity index is 973. The standard InChI is InChI=1S/C51H93NO5/c1-3-5-7-9-11-13-15-16-17-18-21-25-29-33-37-41-45-51(56)57-46-42-38-34-30-26-22-19-20-24-28-32-36-40-44-50(55)52-48(47-53)49(54)43-39-35-31-27-23-14-12-10-8-6-4-2/h13,15,17-18,20,24,39,43,48-49,53-54H,3-12,14,16,19,21-23,25-38,40-42,44-47H2,1-2H3,(H,52,55)/b15-13-,18-17-,24-20-,43-39+. The number of allylic oxidation sites excluding steroid dienone is 7. The smallest absolute Gasteiger partial charge is 0.305 e. The van der Waals surface area contributed by atoms with Crippen LogP contribution in [-0.2, 0) is 14.3 Å². The van der Waals surface area contributed by atoms with Crippen LogP contribution in [0.4, 0.5) is 0 Å². The molecular weight excluding hydrogens is 707 g/mol. The summed E-state index contributed by atoms with van der Waals surface area (Å²) in [6.07, 6.45) is 56.7. The van der Waals surface area contributed by atoms with Crippen molar-refractivity contribution >= 4 is 11.9 Å². The van der Waals surface area contributed by atoms with Gasteiger partial charge in [-0.15, -0.1) is 0 Å². The lowest BCUT2D eigenvalue weighted by molar-refractivity contribution is -0.143. The van der Waals surface area contributed by atoms with Crippen LogP contribution in [0.5, 0.6) is 0 Å². The van der Waals surface area contributed by atoms with Crippen molar-refractivity contribution in [2.45, 2.75) is 251 Å². The molecule has 57 heavy (non-hydrogen) atoms. The topological polar surface area (TPSA) is 95.9 Å². The quantitative estimate of drug-likeness (QED) is 0.0324. The van der Waals surface area contributed by atoms with E-state index in [1.54, 1.807) is 6.08 Å².